The van der Waals surface area contributed by atoms with Crippen LogP contribution in [-0.4, -0.2) is 42.6 Å². The normalized spacial score (nSPS) is 17.5. The van der Waals surface area contributed by atoms with E-state index in [-0.39, 0.29) is 13.1 Å². The molecule has 2 aromatic rings. The van der Waals surface area contributed by atoms with Gasteiger partial charge in [0.25, 0.3) is 10.2 Å². The minimum absolute atomic E-state index is 0.222. The second-order valence-corrected chi connectivity index (χ2v) is 8.08. The molecule has 0 atom stereocenters. The van der Waals surface area contributed by atoms with Gasteiger partial charge in [0.15, 0.2) is 0 Å². The second kappa shape index (κ2) is 7.53. The molecule has 0 radical (unpaired) electrons. The molecule has 1 heterocycles. The molecule has 6 nitrogen and oxygen atoms in total. The molecule has 132 valence electrons. The minimum Gasteiger partial charge on any atom is -0.325 e. The Labute approximate surface area is 152 Å². The van der Waals surface area contributed by atoms with E-state index >= 15 is 0 Å². The Balaban J connectivity index is 1.62. The monoisotopic (exact) mass is 379 g/mol. The highest BCUT2D eigenvalue weighted by molar-refractivity contribution is 7.87. The number of amides is 1. The Bertz CT molecular complexity index is 858. The van der Waals surface area contributed by atoms with Crippen LogP contribution in [0, 0.1) is 0 Å². The summed E-state index contributed by atoms with van der Waals surface area (Å²) in [6.45, 7) is 0.732. The van der Waals surface area contributed by atoms with E-state index in [2.05, 4.69) is 5.32 Å². The van der Waals surface area contributed by atoms with Gasteiger partial charge in [-0.3, -0.25) is 4.79 Å². The molecule has 0 unspecified atom stereocenters. The number of carbonyl (C=O) groups excluding carboxylic acids is 1. The van der Waals surface area contributed by atoms with Crippen molar-refractivity contribution < 1.29 is 13.2 Å². The van der Waals surface area contributed by atoms with Gasteiger partial charge < -0.3 is 5.32 Å². The quantitative estimate of drug-likeness (QED) is 0.866. The van der Waals surface area contributed by atoms with Crippen molar-refractivity contribution in [3.63, 3.8) is 0 Å². The maximum absolute atomic E-state index is 12.6. The molecule has 0 aromatic heterocycles. The fraction of sp³-hybridized carbons (Fsp3) is 0.235. The van der Waals surface area contributed by atoms with Gasteiger partial charge in [0.1, 0.15) is 0 Å². The predicted octanol–water partition coefficient (Wildman–Crippen LogP) is 2.34. The van der Waals surface area contributed by atoms with Crippen LogP contribution < -0.4 is 5.32 Å². The third-order valence-electron chi connectivity index (χ3n) is 3.88. The van der Waals surface area contributed by atoms with Crippen LogP contribution in [0.1, 0.15) is 5.56 Å². The largest absolute Gasteiger partial charge is 0.325 e. The van der Waals surface area contributed by atoms with Crippen molar-refractivity contribution in [3.05, 3.63) is 65.2 Å². The van der Waals surface area contributed by atoms with Gasteiger partial charge >= 0.3 is 0 Å². The maximum atomic E-state index is 12.6. The van der Waals surface area contributed by atoms with Crippen LogP contribution in [0.4, 0.5) is 5.69 Å². The Kier molecular flexibility index (Phi) is 5.39. The van der Waals surface area contributed by atoms with Crippen molar-refractivity contribution in [1.82, 2.24) is 8.61 Å². The lowest BCUT2D eigenvalue weighted by atomic mass is 10.2. The van der Waals surface area contributed by atoms with E-state index in [1.807, 2.05) is 30.3 Å². The average Bonchev–Trinajstić information content (AvgIpc) is 2.83. The lowest BCUT2D eigenvalue weighted by Crippen LogP contribution is -2.37. The van der Waals surface area contributed by atoms with Crippen LogP contribution in [0.3, 0.4) is 0 Å². The Morgan fingerprint density at radius 3 is 2.48 bits per heavy atom. The summed E-state index contributed by atoms with van der Waals surface area (Å²) in [6.07, 6.45) is 0. The van der Waals surface area contributed by atoms with Crippen LogP contribution in [0.25, 0.3) is 0 Å². The molecule has 3 rings (SSSR count). The van der Waals surface area contributed by atoms with Crippen molar-refractivity contribution in [1.29, 1.82) is 0 Å². The van der Waals surface area contributed by atoms with E-state index in [0.717, 1.165) is 5.56 Å². The highest BCUT2D eigenvalue weighted by Gasteiger charge is 2.37. The molecule has 0 aliphatic carbocycles. The van der Waals surface area contributed by atoms with Crippen molar-refractivity contribution in [3.8, 4) is 0 Å². The van der Waals surface area contributed by atoms with E-state index in [1.54, 1.807) is 24.3 Å². The molecule has 0 bridgehead atoms. The highest BCUT2D eigenvalue weighted by atomic mass is 35.5. The van der Waals surface area contributed by atoms with Gasteiger partial charge in [-0.15, -0.1) is 0 Å². The average molecular weight is 380 g/mol. The number of benzene rings is 2. The number of nitrogens with zero attached hydrogens (tertiary/aromatic N) is 2. The lowest BCUT2D eigenvalue weighted by molar-refractivity contribution is -0.116. The molecule has 1 aliphatic heterocycles. The number of rotatable bonds is 5. The Morgan fingerprint density at radius 2 is 1.76 bits per heavy atom. The Morgan fingerprint density at radius 1 is 1.04 bits per heavy atom. The van der Waals surface area contributed by atoms with Crippen molar-refractivity contribution in [2.24, 2.45) is 0 Å². The molecule has 1 aliphatic rings. The number of hydrogen-bond acceptors (Lipinski definition) is 3. The van der Waals surface area contributed by atoms with Crippen LogP contribution in [0.15, 0.2) is 54.6 Å². The fourth-order valence-electron chi connectivity index (χ4n) is 2.65. The Hall–Kier alpha value is -1.93. The topological polar surface area (TPSA) is 69.7 Å². The number of anilines is 1. The van der Waals surface area contributed by atoms with Crippen LogP contribution in [0.5, 0.6) is 0 Å². The summed E-state index contributed by atoms with van der Waals surface area (Å²) in [4.78, 5) is 12.2. The van der Waals surface area contributed by atoms with Gasteiger partial charge in [-0.05, 0) is 23.8 Å². The van der Waals surface area contributed by atoms with E-state index < -0.39 is 16.1 Å². The summed E-state index contributed by atoms with van der Waals surface area (Å²) < 4.78 is 27.8. The first kappa shape index (κ1) is 17.9. The van der Waals surface area contributed by atoms with Gasteiger partial charge in [-0.25, -0.2) is 0 Å². The van der Waals surface area contributed by atoms with E-state index in [0.29, 0.717) is 23.8 Å². The summed E-state index contributed by atoms with van der Waals surface area (Å²) in [5, 5.41) is 3.16. The summed E-state index contributed by atoms with van der Waals surface area (Å²) >= 11 is 5.88. The molecule has 1 fully saturated rings. The van der Waals surface area contributed by atoms with Gasteiger partial charge in [0.2, 0.25) is 5.91 Å². The maximum Gasteiger partial charge on any atom is 0.282 e. The van der Waals surface area contributed by atoms with Crippen molar-refractivity contribution >= 4 is 33.4 Å². The number of hydrogen-bond donors (Lipinski definition) is 1. The SMILES string of the molecule is O=C(CN1CCN(Cc2ccccc2)S1(=O)=O)Nc1cccc(Cl)c1. The zero-order valence-corrected chi connectivity index (χ0v) is 15.0. The zero-order valence-electron chi connectivity index (χ0n) is 13.4. The third kappa shape index (κ3) is 4.38. The minimum atomic E-state index is -3.64. The fourth-order valence-corrected chi connectivity index (χ4v) is 4.39. The highest BCUT2D eigenvalue weighted by Crippen LogP contribution is 2.20. The lowest BCUT2D eigenvalue weighted by Gasteiger charge is -2.18. The molecule has 2 aromatic carbocycles. The molecular weight excluding hydrogens is 362 g/mol. The molecule has 25 heavy (non-hydrogen) atoms. The van der Waals surface area contributed by atoms with Crippen molar-refractivity contribution in [2.75, 3.05) is 25.0 Å². The molecule has 0 saturated carbocycles. The number of carbonyl (C=O) groups is 1. The van der Waals surface area contributed by atoms with E-state index in [9.17, 15) is 13.2 Å². The molecule has 0 spiro atoms. The summed E-state index contributed by atoms with van der Waals surface area (Å²) in [5.74, 6) is -0.396. The first-order chi connectivity index (χ1) is 11.9. The zero-order chi connectivity index (χ0) is 17.9. The first-order valence-corrected chi connectivity index (χ1v) is 9.57. The molecule has 1 N–H and O–H groups in total. The van der Waals surface area contributed by atoms with E-state index in [1.165, 1.54) is 8.61 Å². The number of nitrogens with one attached hydrogen (secondary N) is 1. The van der Waals surface area contributed by atoms with Gasteiger partial charge in [-0.2, -0.15) is 17.0 Å². The predicted molar refractivity (Wildman–Crippen MR) is 97.4 cm³/mol. The second-order valence-electron chi connectivity index (χ2n) is 5.72. The smallest absolute Gasteiger partial charge is 0.282 e. The van der Waals surface area contributed by atoms with E-state index in [4.69, 9.17) is 11.6 Å². The number of halogens is 1. The van der Waals surface area contributed by atoms with Crippen LogP contribution in [-0.2, 0) is 21.5 Å². The summed E-state index contributed by atoms with van der Waals surface area (Å²) in [6, 6.07) is 16.1. The first-order valence-electron chi connectivity index (χ1n) is 7.80. The molecule has 8 heteroatoms. The molecule has 1 saturated heterocycles. The van der Waals surface area contributed by atoms with Gasteiger partial charge in [0, 0.05) is 30.3 Å². The standard InChI is InChI=1S/C17H18ClN3O3S/c18-15-7-4-8-16(11-15)19-17(22)13-21-10-9-20(25(21,23)24)12-14-5-2-1-3-6-14/h1-8,11H,9-10,12-13H2,(H,19,22). The van der Waals surface area contributed by atoms with Crippen molar-refractivity contribution in [2.45, 2.75) is 6.54 Å². The molecular formula is C17H18ClN3O3S. The molecule has 1 amide bonds. The van der Waals surface area contributed by atoms with Gasteiger partial charge in [-0.1, -0.05) is 48.0 Å². The summed E-state index contributed by atoms with van der Waals surface area (Å²) in [7, 11) is -3.64. The van der Waals surface area contributed by atoms with Crippen LogP contribution >= 0.6 is 11.6 Å². The third-order valence-corrected chi connectivity index (χ3v) is 6.05. The summed E-state index contributed by atoms with van der Waals surface area (Å²) in [5.41, 5.74) is 1.45. The van der Waals surface area contributed by atoms with Gasteiger partial charge in [0.05, 0.1) is 6.54 Å². The van der Waals surface area contributed by atoms with Crippen LogP contribution in [0.2, 0.25) is 5.02 Å².